The minimum Gasteiger partial charge on any atom is -0.346 e. The molecule has 0 aromatic heterocycles. The SMILES string of the molecule is CCCCN.CNCc1ccc(NC(=O)CNC(=O)C(NC)C(C)C)cc1. The van der Waals surface area contributed by atoms with Gasteiger partial charge in [-0.1, -0.05) is 39.3 Å². The summed E-state index contributed by atoms with van der Waals surface area (Å²) < 4.78 is 0. The van der Waals surface area contributed by atoms with Crippen molar-refractivity contribution in [2.24, 2.45) is 11.7 Å². The molecule has 0 bridgehead atoms. The van der Waals surface area contributed by atoms with E-state index >= 15 is 0 Å². The van der Waals surface area contributed by atoms with E-state index in [4.69, 9.17) is 5.73 Å². The largest absolute Gasteiger partial charge is 0.346 e. The zero-order valence-corrected chi connectivity index (χ0v) is 17.4. The number of rotatable bonds is 10. The van der Waals surface area contributed by atoms with Gasteiger partial charge in [0.25, 0.3) is 0 Å². The van der Waals surface area contributed by atoms with Crippen molar-refractivity contribution in [2.45, 2.75) is 46.2 Å². The predicted octanol–water partition coefficient (Wildman–Crippen LogP) is 1.45. The number of hydrogen-bond donors (Lipinski definition) is 5. The van der Waals surface area contributed by atoms with Gasteiger partial charge in [0.05, 0.1) is 12.6 Å². The Morgan fingerprint density at radius 3 is 2.15 bits per heavy atom. The monoisotopic (exact) mass is 379 g/mol. The number of unbranched alkanes of at least 4 members (excludes halogenated alkanes) is 1. The molecule has 0 radical (unpaired) electrons. The lowest BCUT2D eigenvalue weighted by Gasteiger charge is -2.19. The van der Waals surface area contributed by atoms with Gasteiger partial charge in [0.1, 0.15) is 0 Å². The average molecular weight is 380 g/mol. The first kappa shape index (κ1) is 25.0. The molecule has 2 amide bonds. The molecular weight excluding hydrogens is 342 g/mol. The zero-order valence-electron chi connectivity index (χ0n) is 17.4. The Balaban J connectivity index is 0.00000119. The zero-order chi connectivity index (χ0) is 20.7. The third-order valence-corrected chi connectivity index (χ3v) is 3.86. The summed E-state index contributed by atoms with van der Waals surface area (Å²) in [6.45, 7) is 7.62. The van der Waals surface area contributed by atoms with Crippen LogP contribution in [0.5, 0.6) is 0 Å². The van der Waals surface area contributed by atoms with E-state index in [1.54, 1.807) is 7.05 Å². The van der Waals surface area contributed by atoms with Crippen LogP contribution in [-0.2, 0) is 16.1 Å². The second-order valence-electron chi connectivity index (χ2n) is 6.65. The second-order valence-corrected chi connectivity index (χ2v) is 6.65. The molecule has 7 nitrogen and oxygen atoms in total. The maximum atomic E-state index is 11.9. The van der Waals surface area contributed by atoms with E-state index in [9.17, 15) is 9.59 Å². The molecule has 0 aliphatic heterocycles. The maximum Gasteiger partial charge on any atom is 0.243 e. The van der Waals surface area contributed by atoms with Crippen LogP contribution in [0.3, 0.4) is 0 Å². The van der Waals surface area contributed by atoms with Gasteiger partial charge >= 0.3 is 0 Å². The fourth-order valence-electron chi connectivity index (χ4n) is 2.36. The smallest absolute Gasteiger partial charge is 0.243 e. The molecule has 154 valence electrons. The standard InChI is InChI=1S/C16H26N4O2.C4H11N/c1-11(2)15(18-4)16(22)19-10-14(21)20-13-7-5-12(6-8-13)9-17-3;1-2-3-4-5/h5-8,11,15,17-18H,9-10H2,1-4H3,(H,19,22)(H,20,21);2-5H2,1H3. The van der Waals surface area contributed by atoms with Gasteiger partial charge in [-0.3, -0.25) is 9.59 Å². The molecule has 0 aliphatic rings. The second kappa shape index (κ2) is 15.1. The van der Waals surface area contributed by atoms with Gasteiger partial charge in [-0.05, 0) is 50.7 Å². The predicted molar refractivity (Wildman–Crippen MR) is 112 cm³/mol. The number of nitrogens with two attached hydrogens (primary N) is 1. The minimum absolute atomic E-state index is 0.0397. The molecule has 1 atom stereocenters. The van der Waals surface area contributed by atoms with Gasteiger partial charge in [-0.2, -0.15) is 0 Å². The van der Waals surface area contributed by atoms with Crippen LogP contribution in [0.15, 0.2) is 24.3 Å². The summed E-state index contributed by atoms with van der Waals surface area (Å²) in [5.41, 5.74) is 7.00. The molecule has 0 aliphatic carbocycles. The molecule has 1 rings (SSSR count). The van der Waals surface area contributed by atoms with Gasteiger partial charge in [0, 0.05) is 12.2 Å². The van der Waals surface area contributed by atoms with Crippen molar-refractivity contribution in [3.05, 3.63) is 29.8 Å². The lowest BCUT2D eigenvalue weighted by molar-refractivity contribution is -0.126. The molecule has 0 spiro atoms. The molecular formula is C20H37N5O2. The van der Waals surface area contributed by atoms with E-state index in [1.165, 1.54) is 12.8 Å². The van der Waals surface area contributed by atoms with Crippen molar-refractivity contribution in [3.63, 3.8) is 0 Å². The Labute approximate surface area is 163 Å². The summed E-state index contributed by atoms with van der Waals surface area (Å²) in [4.78, 5) is 23.8. The minimum atomic E-state index is -0.298. The van der Waals surface area contributed by atoms with Crippen molar-refractivity contribution >= 4 is 17.5 Å². The Kier molecular flexibility index (Phi) is 14.0. The Morgan fingerprint density at radius 1 is 1.11 bits per heavy atom. The highest BCUT2D eigenvalue weighted by Gasteiger charge is 2.20. The Bertz CT molecular complexity index is 530. The highest BCUT2D eigenvalue weighted by Crippen LogP contribution is 2.09. The van der Waals surface area contributed by atoms with Crippen LogP contribution in [0.2, 0.25) is 0 Å². The first-order valence-electron chi connectivity index (χ1n) is 9.57. The van der Waals surface area contributed by atoms with Crippen molar-refractivity contribution < 1.29 is 9.59 Å². The highest BCUT2D eigenvalue weighted by atomic mass is 16.2. The highest BCUT2D eigenvalue weighted by molar-refractivity contribution is 5.95. The first-order valence-corrected chi connectivity index (χ1v) is 9.57. The van der Waals surface area contributed by atoms with Crippen LogP contribution < -0.4 is 27.0 Å². The molecule has 27 heavy (non-hydrogen) atoms. The molecule has 1 aromatic rings. The van der Waals surface area contributed by atoms with Crippen molar-refractivity contribution in [1.29, 1.82) is 0 Å². The Morgan fingerprint density at radius 2 is 1.74 bits per heavy atom. The molecule has 0 heterocycles. The van der Waals surface area contributed by atoms with Gasteiger partial charge in [-0.25, -0.2) is 0 Å². The van der Waals surface area contributed by atoms with Crippen LogP contribution in [0.4, 0.5) is 5.69 Å². The van der Waals surface area contributed by atoms with Crippen molar-refractivity contribution in [1.82, 2.24) is 16.0 Å². The van der Waals surface area contributed by atoms with Gasteiger partial charge in [0.2, 0.25) is 11.8 Å². The summed E-state index contributed by atoms with van der Waals surface area (Å²) in [5.74, 6) is -0.252. The summed E-state index contributed by atoms with van der Waals surface area (Å²) in [6.07, 6.45) is 2.39. The van der Waals surface area contributed by atoms with Crippen LogP contribution >= 0.6 is 0 Å². The number of benzene rings is 1. The number of carbonyl (C=O) groups is 2. The molecule has 7 heteroatoms. The summed E-state index contributed by atoms with van der Waals surface area (Å²) >= 11 is 0. The lowest BCUT2D eigenvalue weighted by atomic mass is 10.0. The maximum absolute atomic E-state index is 11.9. The Hall–Kier alpha value is -1.96. The number of anilines is 1. The van der Waals surface area contributed by atoms with Crippen LogP contribution in [0.25, 0.3) is 0 Å². The fraction of sp³-hybridized carbons (Fsp3) is 0.600. The normalized spacial score (nSPS) is 11.4. The molecule has 0 fully saturated rings. The van der Waals surface area contributed by atoms with E-state index in [1.807, 2.05) is 45.2 Å². The van der Waals surface area contributed by atoms with Gasteiger partial charge in [-0.15, -0.1) is 0 Å². The summed E-state index contributed by atoms with van der Waals surface area (Å²) in [6, 6.07) is 7.28. The summed E-state index contributed by atoms with van der Waals surface area (Å²) in [7, 11) is 3.62. The van der Waals surface area contributed by atoms with Crippen molar-refractivity contribution in [3.8, 4) is 0 Å². The van der Waals surface area contributed by atoms with Crippen molar-refractivity contribution in [2.75, 3.05) is 32.5 Å². The van der Waals surface area contributed by atoms with E-state index < -0.39 is 0 Å². The van der Waals surface area contributed by atoms with Gasteiger partial charge < -0.3 is 27.0 Å². The number of hydrogen-bond acceptors (Lipinski definition) is 5. The van der Waals surface area contributed by atoms with E-state index in [0.717, 1.165) is 18.7 Å². The molecule has 1 aromatic carbocycles. The van der Waals surface area contributed by atoms with Crippen LogP contribution in [-0.4, -0.2) is 45.0 Å². The van der Waals surface area contributed by atoms with Gasteiger partial charge in [0.15, 0.2) is 0 Å². The fourth-order valence-corrected chi connectivity index (χ4v) is 2.36. The third-order valence-electron chi connectivity index (χ3n) is 3.86. The van der Waals surface area contributed by atoms with Crippen LogP contribution in [0, 0.1) is 5.92 Å². The molecule has 1 unspecified atom stereocenters. The molecule has 0 saturated carbocycles. The molecule has 0 saturated heterocycles. The first-order chi connectivity index (χ1) is 12.9. The van der Waals surface area contributed by atoms with Crippen LogP contribution in [0.1, 0.15) is 39.2 Å². The topological polar surface area (TPSA) is 108 Å². The number of amides is 2. The van der Waals surface area contributed by atoms with E-state index in [2.05, 4.69) is 28.2 Å². The number of nitrogens with one attached hydrogen (secondary N) is 4. The summed E-state index contributed by atoms with van der Waals surface area (Å²) in [5, 5.41) is 11.4. The van der Waals surface area contributed by atoms with E-state index in [-0.39, 0.29) is 30.3 Å². The van der Waals surface area contributed by atoms with E-state index in [0.29, 0.717) is 5.69 Å². The lowest BCUT2D eigenvalue weighted by Crippen LogP contribution is -2.47. The number of likely N-dealkylation sites (N-methyl/N-ethyl adjacent to an activating group) is 1. The number of carbonyl (C=O) groups excluding carboxylic acids is 2. The molecule has 6 N–H and O–H groups in total. The quantitative estimate of drug-likeness (QED) is 0.423. The third kappa shape index (κ3) is 11.4. The average Bonchev–Trinajstić information content (AvgIpc) is 2.63.